The number of furan rings is 1. The van der Waals surface area contributed by atoms with Gasteiger partial charge >= 0.3 is 0 Å². The zero-order valence-electron chi connectivity index (χ0n) is 42.0. The van der Waals surface area contributed by atoms with Crippen molar-refractivity contribution in [3.63, 3.8) is 0 Å². The number of anilines is 6. The van der Waals surface area contributed by atoms with Crippen LogP contribution < -0.4 is 26.2 Å². The van der Waals surface area contributed by atoms with Gasteiger partial charge in [-0.15, -0.1) is 22.7 Å². The molecule has 0 fully saturated rings. The van der Waals surface area contributed by atoms with Crippen molar-refractivity contribution in [1.29, 1.82) is 0 Å². The molecule has 3 nitrogen and oxygen atoms in total. The molecule has 10 aromatic rings. The molecule has 0 saturated heterocycles. The highest BCUT2D eigenvalue weighted by Crippen LogP contribution is 2.51. The molecule has 0 radical (unpaired) electrons. The number of hydrogen-bond acceptors (Lipinski definition) is 5. The Hall–Kier alpha value is -6.34. The van der Waals surface area contributed by atoms with Crippen LogP contribution in [0.1, 0.15) is 100 Å². The highest BCUT2D eigenvalue weighted by Gasteiger charge is 2.47. The Labute approximate surface area is 416 Å². The molecule has 0 bridgehead atoms. The van der Waals surface area contributed by atoms with E-state index in [1.54, 1.807) is 0 Å². The van der Waals surface area contributed by atoms with E-state index in [1.165, 1.54) is 132 Å². The maximum absolute atomic E-state index is 7.40. The highest BCUT2D eigenvalue weighted by atomic mass is 32.1. The number of hydrogen-bond donors (Lipinski definition) is 0. The van der Waals surface area contributed by atoms with E-state index >= 15 is 0 Å². The molecule has 0 N–H and O–H groups in total. The summed E-state index contributed by atoms with van der Waals surface area (Å²) in [6.07, 6.45) is 0. The third kappa shape index (κ3) is 6.80. The highest BCUT2D eigenvalue weighted by molar-refractivity contribution is 7.18. The van der Waals surface area contributed by atoms with Gasteiger partial charge in [0.1, 0.15) is 5.58 Å². The molecular weight excluding hydrogens is 876 g/mol. The second kappa shape index (κ2) is 15.6. The standard InChI is InChI=1S/C63H59BN2OS2/c1-35(2)41-30-52-58-53(31-41)66(60-36(3)25-42(26-37(60)4)49-34-69-56-20-16-14-18-46(49)56)61-57(47-32-43(62(7,8)9)22-24-54(47)67-61)64(58)50-23-21-40(48-33-68-55-19-15-13-17-45(48)55)29-51(50)65(52)59-38(5)27-44(28-39(59)6)63(10,11)12/h13-35H,1-12H3. The minimum Gasteiger partial charge on any atom is -0.440 e. The van der Waals surface area contributed by atoms with Crippen LogP contribution in [-0.4, -0.2) is 6.71 Å². The summed E-state index contributed by atoms with van der Waals surface area (Å²) in [6, 6.07) is 46.6. The van der Waals surface area contributed by atoms with Gasteiger partial charge in [0.2, 0.25) is 5.88 Å². The summed E-state index contributed by atoms with van der Waals surface area (Å²) in [4.78, 5) is 5.17. The number of fused-ring (bicyclic) bond motifs is 8. The zero-order chi connectivity index (χ0) is 48.0. The molecule has 5 heterocycles. The Morgan fingerprint density at radius 3 is 1.65 bits per heavy atom. The molecule has 69 heavy (non-hydrogen) atoms. The van der Waals surface area contributed by atoms with Gasteiger partial charge in [-0.25, -0.2) is 0 Å². The molecule has 342 valence electrons. The molecule has 7 aromatic carbocycles. The van der Waals surface area contributed by atoms with Crippen LogP contribution in [0.3, 0.4) is 0 Å². The molecule has 2 aliphatic heterocycles. The van der Waals surface area contributed by atoms with Crippen LogP contribution >= 0.6 is 22.7 Å². The lowest BCUT2D eigenvalue weighted by Gasteiger charge is -2.44. The molecule has 0 saturated carbocycles. The van der Waals surface area contributed by atoms with E-state index in [-0.39, 0.29) is 23.5 Å². The fourth-order valence-electron chi connectivity index (χ4n) is 11.6. The van der Waals surface area contributed by atoms with Crippen LogP contribution in [-0.2, 0) is 10.8 Å². The summed E-state index contributed by atoms with van der Waals surface area (Å²) in [6.45, 7) is 27.8. The summed E-state index contributed by atoms with van der Waals surface area (Å²) in [7, 11) is 0. The number of thiophene rings is 2. The quantitative estimate of drug-likeness (QED) is 0.160. The van der Waals surface area contributed by atoms with E-state index in [2.05, 4.69) is 225 Å². The Bertz CT molecular complexity index is 3710. The maximum Gasteiger partial charge on any atom is 0.257 e. The lowest BCUT2D eigenvalue weighted by Crippen LogP contribution is -2.61. The van der Waals surface area contributed by atoms with Crippen LogP contribution in [0, 0.1) is 27.7 Å². The lowest BCUT2D eigenvalue weighted by atomic mass is 9.33. The van der Waals surface area contributed by atoms with Crippen molar-refractivity contribution in [2.45, 2.75) is 99.8 Å². The van der Waals surface area contributed by atoms with Crippen molar-refractivity contribution in [2.24, 2.45) is 0 Å². The van der Waals surface area contributed by atoms with Crippen molar-refractivity contribution in [2.75, 3.05) is 9.80 Å². The molecule has 0 amide bonds. The lowest BCUT2D eigenvalue weighted by molar-refractivity contribution is 0.589. The predicted molar refractivity (Wildman–Crippen MR) is 302 cm³/mol. The first-order valence-electron chi connectivity index (χ1n) is 24.6. The van der Waals surface area contributed by atoms with Crippen LogP contribution in [0.4, 0.5) is 34.3 Å². The van der Waals surface area contributed by atoms with Gasteiger partial charge in [-0.1, -0.05) is 122 Å². The van der Waals surface area contributed by atoms with Gasteiger partial charge in [-0.3, -0.25) is 4.90 Å². The van der Waals surface area contributed by atoms with Crippen molar-refractivity contribution < 1.29 is 4.42 Å². The molecule has 12 rings (SSSR count). The number of aryl methyl sites for hydroxylation is 4. The average Bonchev–Trinajstić information content (AvgIpc) is 4.04. The van der Waals surface area contributed by atoms with Crippen LogP contribution in [0.2, 0.25) is 0 Å². The van der Waals surface area contributed by atoms with E-state index in [1.807, 2.05) is 22.7 Å². The van der Waals surface area contributed by atoms with Gasteiger partial charge in [-0.2, -0.15) is 0 Å². The maximum atomic E-state index is 7.40. The molecule has 0 atom stereocenters. The Kier molecular flexibility index (Phi) is 9.92. The second-order valence-corrected chi connectivity index (χ2v) is 24.1. The fraction of sp³-hybridized carbons (Fsp3) is 0.238. The van der Waals surface area contributed by atoms with E-state index in [0.717, 1.165) is 11.5 Å². The van der Waals surface area contributed by atoms with Crippen molar-refractivity contribution in [1.82, 2.24) is 0 Å². The molecule has 0 spiro atoms. The predicted octanol–water partition coefficient (Wildman–Crippen LogP) is 17.2. The zero-order valence-corrected chi connectivity index (χ0v) is 43.6. The Balaban J connectivity index is 1.20. The summed E-state index contributed by atoms with van der Waals surface area (Å²) >= 11 is 3.65. The fourth-order valence-corrected chi connectivity index (χ4v) is 13.5. The van der Waals surface area contributed by atoms with Gasteiger partial charge in [0.15, 0.2) is 0 Å². The first kappa shape index (κ1) is 43.9. The molecule has 0 unspecified atom stereocenters. The topological polar surface area (TPSA) is 19.6 Å². The van der Waals surface area contributed by atoms with Gasteiger partial charge in [0.25, 0.3) is 6.71 Å². The summed E-state index contributed by atoms with van der Waals surface area (Å²) in [5.74, 6) is 1.18. The summed E-state index contributed by atoms with van der Waals surface area (Å²) < 4.78 is 10.0. The van der Waals surface area contributed by atoms with Gasteiger partial charge < -0.3 is 9.32 Å². The van der Waals surface area contributed by atoms with E-state index in [4.69, 9.17) is 4.42 Å². The monoisotopic (exact) mass is 934 g/mol. The SMILES string of the molecule is Cc1cc(C(C)(C)C)cc(C)c1N1c2cc(-c3csc4ccccc34)ccc2B2c3c1cc(C(C)C)cc3N(c1c(C)cc(-c3csc4ccccc34)cc1C)c1oc3ccc(C(C)(C)C)cc3c12. The minimum absolute atomic E-state index is 0.00971. The van der Waals surface area contributed by atoms with Gasteiger partial charge in [0, 0.05) is 59.2 Å². The van der Waals surface area contributed by atoms with Gasteiger partial charge in [-0.05, 0) is 171 Å². The van der Waals surface area contributed by atoms with Crippen molar-refractivity contribution in [3.05, 3.63) is 171 Å². The summed E-state index contributed by atoms with van der Waals surface area (Å²) in [5.41, 5.74) is 24.8. The Morgan fingerprint density at radius 2 is 1.06 bits per heavy atom. The molecule has 2 aliphatic rings. The number of benzene rings is 7. The van der Waals surface area contributed by atoms with E-state index < -0.39 is 0 Å². The first-order valence-corrected chi connectivity index (χ1v) is 26.4. The molecular formula is C63H59BN2OS2. The van der Waals surface area contributed by atoms with Gasteiger partial charge in [0.05, 0.1) is 11.4 Å². The minimum atomic E-state index is -0.0926. The molecule has 3 aromatic heterocycles. The van der Waals surface area contributed by atoms with E-state index in [9.17, 15) is 0 Å². The number of rotatable bonds is 5. The second-order valence-electron chi connectivity index (χ2n) is 22.2. The van der Waals surface area contributed by atoms with Crippen LogP contribution in [0.5, 0.6) is 0 Å². The Morgan fingerprint density at radius 1 is 0.507 bits per heavy atom. The van der Waals surface area contributed by atoms with Crippen molar-refractivity contribution >= 4 is 111 Å². The molecule has 0 aliphatic carbocycles. The van der Waals surface area contributed by atoms with Crippen LogP contribution in [0.25, 0.3) is 53.4 Å². The third-order valence-electron chi connectivity index (χ3n) is 15.1. The first-order chi connectivity index (χ1) is 33.0. The van der Waals surface area contributed by atoms with E-state index in [0.29, 0.717) is 0 Å². The summed E-state index contributed by atoms with van der Waals surface area (Å²) in [5, 5.41) is 8.46. The molecule has 6 heteroatoms. The normalized spacial score (nSPS) is 13.6. The third-order valence-corrected chi connectivity index (χ3v) is 17.0. The smallest absolute Gasteiger partial charge is 0.257 e. The van der Waals surface area contributed by atoms with Crippen molar-refractivity contribution in [3.8, 4) is 22.3 Å². The average molecular weight is 935 g/mol. The largest absolute Gasteiger partial charge is 0.440 e. The van der Waals surface area contributed by atoms with Crippen LogP contribution in [0.15, 0.2) is 137 Å². The number of nitrogens with zero attached hydrogens (tertiary/aromatic N) is 2.